The van der Waals surface area contributed by atoms with Crippen LogP contribution in [0.4, 0.5) is 0 Å². The molecule has 5 rings (SSSR count). The minimum absolute atomic E-state index is 0.0534. The molecule has 0 aliphatic carbocycles. The van der Waals surface area contributed by atoms with E-state index in [2.05, 4.69) is 16.4 Å². The van der Waals surface area contributed by atoms with Crippen LogP contribution in [0.3, 0.4) is 0 Å². The molecule has 7 heteroatoms. The average molecular weight is 491 g/mol. The number of fused-ring (bicyclic) bond motifs is 2. The molecule has 2 N–H and O–H groups in total. The first-order valence-electron chi connectivity index (χ1n) is 11.5. The first-order chi connectivity index (χ1) is 17.1. The molecule has 1 amide bonds. The van der Waals surface area contributed by atoms with E-state index in [1.54, 1.807) is 20.3 Å². The summed E-state index contributed by atoms with van der Waals surface area (Å²) < 4.78 is 17.1. The molecule has 6 nitrogen and oxygen atoms in total. The number of ether oxygens (including phenoxy) is 3. The molecule has 2 atom stereocenters. The maximum atomic E-state index is 13.3. The topological polar surface area (TPSA) is 72.6 Å². The van der Waals surface area contributed by atoms with Crippen molar-refractivity contribution in [3.05, 3.63) is 88.6 Å². The molecule has 0 spiro atoms. The van der Waals surface area contributed by atoms with Crippen LogP contribution in [0.5, 0.6) is 17.2 Å². The van der Waals surface area contributed by atoms with Crippen molar-refractivity contribution in [2.45, 2.75) is 12.3 Å². The maximum absolute atomic E-state index is 13.3. The Balaban J connectivity index is 1.44. The molecule has 0 bridgehead atoms. The monoisotopic (exact) mass is 490 g/mol. The van der Waals surface area contributed by atoms with Gasteiger partial charge in [0.05, 0.1) is 20.1 Å². The highest BCUT2D eigenvalue weighted by molar-refractivity contribution is 6.30. The molecule has 0 fully saturated rings. The van der Waals surface area contributed by atoms with Crippen molar-refractivity contribution >= 4 is 28.4 Å². The van der Waals surface area contributed by atoms with Gasteiger partial charge in [-0.25, -0.2) is 0 Å². The number of H-pyrrole nitrogens is 1. The number of aromatic nitrogens is 1. The zero-order valence-electron chi connectivity index (χ0n) is 19.6. The van der Waals surface area contributed by atoms with Gasteiger partial charge in [-0.3, -0.25) is 4.79 Å². The van der Waals surface area contributed by atoms with E-state index in [1.165, 1.54) is 0 Å². The number of hydrogen-bond acceptors (Lipinski definition) is 4. The third kappa shape index (κ3) is 4.54. The van der Waals surface area contributed by atoms with E-state index in [0.29, 0.717) is 36.1 Å². The van der Waals surface area contributed by atoms with Crippen LogP contribution in [-0.2, 0) is 11.2 Å². The van der Waals surface area contributed by atoms with Crippen molar-refractivity contribution in [1.82, 2.24) is 10.3 Å². The van der Waals surface area contributed by atoms with E-state index in [0.717, 1.165) is 33.3 Å². The number of rotatable bonds is 7. The molecule has 2 heterocycles. The fourth-order valence-corrected chi connectivity index (χ4v) is 5.03. The molecular weight excluding hydrogens is 464 g/mol. The highest BCUT2D eigenvalue weighted by Gasteiger charge is 2.29. The second-order valence-electron chi connectivity index (χ2n) is 8.63. The fraction of sp³-hybridized carbons (Fsp3) is 0.250. The molecule has 4 aromatic rings. The number of nitrogens with one attached hydrogen (secondary N) is 2. The molecule has 1 aromatic heterocycles. The SMILES string of the molecule is COc1cccc(C(CNC(=O)C2COc3ccc(Cl)cc3C2)c2c[nH]c3ccccc23)c1OC. The lowest BCUT2D eigenvalue weighted by Gasteiger charge is -2.26. The van der Waals surface area contributed by atoms with Crippen molar-refractivity contribution in [3.8, 4) is 17.2 Å². The van der Waals surface area contributed by atoms with Gasteiger partial charge in [0.1, 0.15) is 12.4 Å². The summed E-state index contributed by atoms with van der Waals surface area (Å²) in [7, 11) is 3.26. The summed E-state index contributed by atoms with van der Waals surface area (Å²) in [4.78, 5) is 16.6. The number of aromatic amines is 1. The fourth-order valence-electron chi connectivity index (χ4n) is 4.83. The van der Waals surface area contributed by atoms with Gasteiger partial charge in [0, 0.05) is 40.1 Å². The molecular formula is C28H27ClN2O4. The third-order valence-electron chi connectivity index (χ3n) is 6.59. The van der Waals surface area contributed by atoms with Crippen molar-refractivity contribution in [2.24, 2.45) is 5.92 Å². The standard InChI is InChI=1S/C28H27ClN2O4/c1-33-26-9-5-7-21(27(26)34-2)23(22-14-30-24-8-4-3-6-20(22)24)15-31-28(32)18-12-17-13-19(29)10-11-25(17)35-16-18/h3-11,13-14,18,23,30H,12,15-16H2,1-2H3,(H,31,32). The quantitative estimate of drug-likeness (QED) is 0.367. The van der Waals surface area contributed by atoms with Crippen molar-refractivity contribution in [3.63, 3.8) is 0 Å². The number of hydrogen-bond donors (Lipinski definition) is 2. The molecule has 0 radical (unpaired) electrons. The first kappa shape index (κ1) is 23.1. The van der Waals surface area contributed by atoms with E-state index in [1.807, 2.05) is 54.7 Å². The van der Waals surface area contributed by atoms with E-state index in [9.17, 15) is 4.79 Å². The highest BCUT2D eigenvalue weighted by atomic mass is 35.5. The van der Waals surface area contributed by atoms with Gasteiger partial charge in [0.15, 0.2) is 11.5 Å². The Morgan fingerprint density at radius 1 is 1.11 bits per heavy atom. The molecule has 35 heavy (non-hydrogen) atoms. The predicted octanol–water partition coefficient (Wildman–Crippen LogP) is 5.34. The summed E-state index contributed by atoms with van der Waals surface area (Å²) in [5.41, 5.74) is 4.00. The maximum Gasteiger partial charge on any atom is 0.226 e. The largest absolute Gasteiger partial charge is 0.493 e. The van der Waals surface area contributed by atoms with Crippen LogP contribution < -0.4 is 19.5 Å². The van der Waals surface area contributed by atoms with Crippen LogP contribution in [0, 0.1) is 5.92 Å². The van der Waals surface area contributed by atoms with Crippen molar-refractivity contribution < 1.29 is 19.0 Å². The lowest BCUT2D eigenvalue weighted by atomic mass is 9.89. The predicted molar refractivity (Wildman–Crippen MR) is 137 cm³/mol. The number of halogens is 1. The van der Waals surface area contributed by atoms with Gasteiger partial charge in [-0.05, 0) is 47.9 Å². The zero-order valence-corrected chi connectivity index (χ0v) is 20.4. The molecule has 1 aliphatic rings. The minimum Gasteiger partial charge on any atom is -0.493 e. The van der Waals surface area contributed by atoms with Crippen LogP contribution in [0.15, 0.2) is 66.9 Å². The highest BCUT2D eigenvalue weighted by Crippen LogP contribution is 2.40. The minimum atomic E-state index is -0.295. The van der Waals surface area contributed by atoms with E-state index < -0.39 is 0 Å². The van der Waals surface area contributed by atoms with Crippen molar-refractivity contribution in [2.75, 3.05) is 27.4 Å². The molecule has 0 saturated heterocycles. The lowest BCUT2D eigenvalue weighted by Crippen LogP contribution is -2.39. The van der Waals surface area contributed by atoms with Crippen LogP contribution in [0.2, 0.25) is 5.02 Å². The van der Waals surface area contributed by atoms with Crippen LogP contribution in [0.1, 0.15) is 22.6 Å². The van der Waals surface area contributed by atoms with E-state index in [4.69, 9.17) is 25.8 Å². The summed E-state index contributed by atoms with van der Waals surface area (Å²) in [6.45, 7) is 0.726. The normalized spacial score (nSPS) is 15.7. The van der Waals surface area contributed by atoms with Crippen molar-refractivity contribution in [1.29, 1.82) is 0 Å². The summed E-state index contributed by atoms with van der Waals surface area (Å²) in [5, 5.41) is 4.91. The molecule has 1 aliphatic heterocycles. The number of benzene rings is 3. The van der Waals surface area contributed by atoms with Gasteiger partial charge in [-0.1, -0.05) is 41.9 Å². The number of carbonyl (C=O) groups excluding carboxylic acids is 1. The summed E-state index contributed by atoms with van der Waals surface area (Å²) in [6.07, 6.45) is 2.59. The number of methoxy groups -OCH3 is 2. The summed E-state index contributed by atoms with van der Waals surface area (Å²) >= 11 is 6.15. The average Bonchev–Trinajstić information content (AvgIpc) is 3.32. The zero-order chi connectivity index (χ0) is 24.4. The number of carbonyl (C=O) groups is 1. The molecule has 180 valence electrons. The second-order valence-corrected chi connectivity index (χ2v) is 9.07. The van der Waals surface area contributed by atoms with Gasteiger partial charge in [0.2, 0.25) is 5.91 Å². The van der Waals surface area contributed by atoms with Gasteiger partial charge in [-0.15, -0.1) is 0 Å². The Bertz CT molecular complexity index is 1370. The number of para-hydroxylation sites is 2. The Morgan fingerprint density at radius 3 is 2.80 bits per heavy atom. The smallest absolute Gasteiger partial charge is 0.226 e. The van der Waals surface area contributed by atoms with Crippen LogP contribution >= 0.6 is 11.6 Å². The van der Waals surface area contributed by atoms with Gasteiger partial charge >= 0.3 is 0 Å². The van der Waals surface area contributed by atoms with E-state index in [-0.39, 0.29) is 17.7 Å². The van der Waals surface area contributed by atoms with Gasteiger partial charge < -0.3 is 24.5 Å². The Kier molecular flexibility index (Phi) is 6.55. The number of amides is 1. The molecule has 2 unspecified atom stereocenters. The second kappa shape index (κ2) is 9.92. The van der Waals surface area contributed by atoms with Crippen LogP contribution in [-0.4, -0.2) is 38.3 Å². The van der Waals surface area contributed by atoms with Gasteiger partial charge in [0.25, 0.3) is 0 Å². The Labute approximate surface area is 209 Å². The molecule has 3 aromatic carbocycles. The third-order valence-corrected chi connectivity index (χ3v) is 6.82. The Morgan fingerprint density at radius 2 is 1.97 bits per heavy atom. The summed E-state index contributed by atoms with van der Waals surface area (Å²) in [5.74, 6) is 1.58. The van der Waals surface area contributed by atoms with Gasteiger partial charge in [-0.2, -0.15) is 0 Å². The lowest BCUT2D eigenvalue weighted by molar-refractivity contribution is -0.126. The first-order valence-corrected chi connectivity index (χ1v) is 11.9. The Hall–Kier alpha value is -3.64. The molecule has 0 saturated carbocycles. The van der Waals surface area contributed by atoms with E-state index >= 15 is 0 Å². The summed E-state index contributed by atoms with van der Waals surface area (Å²) in [6, 6.07) is 19.5. The van der Waals surface area contributed by atoms with Crippen LogP contribution in [0.25, 0.3) is 10.9 Å².